The SMILES string of the molecule is C=CCOC[C@H](O)C[NH+](CCOC)Cc1cccn1Cc1cccc(F)c1. The summed E-state index contributed by atoms with van der Waals surface area (Å²) in [5, 5.41) is 10.2. The lowest BCUT2D eigenvalue weighted by molar-refractivity contribution is -0.917. The van der Waals surface area contributed by atoms with Gasteiger partial charge >= 0.3 is 0 Å². The summed E-state index contributed by atoms with van der Waals surface area (Å²) in [4.78, 5) is 1.20. The molecule has 0 aliphatic carbocycles. The van der Waals surface area contributed by atoms with Crippen molar-refractivity contribution in [1.82, 2.24) is 4.57 Å². The molecule has 1 aromatic carbocycles. The number of nitrogens with zero attached hydrogens (tertiary/aromatic N) is 1. The van der Waals surface area contributed by atoms with Gasteiger partial charge in [0.15, 0.2) is 0 Å². The van der Waals surface area contributed by atoms with E-state index in [2.05, 4.69) is 17.2 Å². The summed E-state index contributed by atoms with van der Waals surface area (Å²) in [5.41, 5.74) is 2.05. The standard InChI is InChI=1S/C21H29FN2O3/c1-3-11-27-17-21(25)16-23(10-12-26-2)15-20-8-5-9-24(20)14-18-6-4-7-19(22)13-18/h3-9,13,21,25H,1,10-12,14-17H2,2H3/p+1/t21-/m1/s1. The molecule has 0 spiro atoms. The van der Waals surface area contributed by atoms with Crippen LogP contribution < -0.4 is 4.90 Å². The van der Waals surface area contributed by atoms with Crippen molar-refractivity contribution in [2.75, 3.05) is 40.0 Å². The Hall–Kier alpha value is -1.99. The van der Waals surface area contributed by atoms with Crippen LogP contribution in [-0.4, -0.2) is 55.8 Å². The van der Waals surface area contributed by atoms with Crippen LogP contribution in [0.25, 0.3) is 0 Å². The van der Waals surface area contributed by atoms with Crippen LogP contribution in [0.2, 0.25) is 0 Å². The predicted molar refractivity (Wildman–Crippen MR) is 103 cm³/mol. The first-order valence-corrected chi connectivity index (χ1v) is 9.20. The van der Waals surface area contributed by atoms with Gasteiger partial charge in [0.1, 0.15) is 31.6 Å². The smallest absolute Gasteiger partial charge is 0.126 e. The van der Waals surface area contributed by atoms with Gasteiger partial charge in [-0.2, -0.15) is 0 Å². The number of quaternary nitrogens is 1. The van der Waals surface area contributed by atoms with E-state index < -0.39 is 6.10 Å². The molecule has 2 atom stereocenters. The number of hydrogen-bond donors (Lipinski definition) is 2. The van der Waals surface area contributed by atoms with Gasteiger partial charge in [0.25, 0.3) is 0 Å². The van der Waals surface area contributed by atoms with Gasteiger partial charge in [0.2, 0.25) is 0 Å². The minimum absolute atomic E-state index is 0.226. The molecule has 148 valence electrons. The molecule has 0 aliphatic heterocycles. The summed E-state index contributed by atoms with van der Waals surface area (Å²) in [6, 6.07) is 10.7. The lowest BCUT2D eigenvalue weighted by atomic mass is 10.2. The Kier molecular flexibility index (Phi) is 9.21. The molecule has 0 radical (unpaired) electrons. The van der Waals surface area contributed by atoms with E-state index in [1.807, 2.05) is 18.3 Å². The maximum Gasteiger partial charge on any atom is 0.126 e. The molecule has 1 unspecified atom stereocenters. The van der Waals surface area contributed by atoms with Crippen molar-refractivity contribution < 1.29 is 23.9 Å². The highest BCUT2D eigenvalue weighted by Gasteiger charge is 2.17. The zero-order valence-corrected chi connectivity index (χ0v) is 15.9. The van der Waals surface area contributed by atoms with Crippen LogP contribution in [0.3, 0.4) is 0 Å². The molecule has 0 amide bonds. The first-order chi connectivity index (χ1) is 13.1. The second-order valence-corrected chi connectivity index (χ2v) is 6.61. The van der Waals surface area contributed by atoms with Crippen LogP contribution in [0.1, 0.15) is 11.3 Å². The van der Waals surface area contributed by atoms with Crippen molar-refractivity contribution in [3.63, 3.8) is 0 Å². The lowest BCUT2D eigenvalue weighted by Crippen LogP contribution is -3.12. The van der Waals surface area contributed by atoms with E-state index >= 15 is 0 Å². The van der Waals surface area contributed by atoms with Crippen LogP contribution >= 0.6 is 0 Å². The summed E-state index contributed by atoms with van der Waals surface area (Å²) in [6.07, 6.45) is 3.11. The van der Waals surface area contributed by atoms with Gasteiger partial charge in [0, 0.05) is 19.9 Å². The number of aliphatic hydroxyl groups excluding tert-OH is 1. The van der Waals surface area contributed by atoms with Gasteiger partial charge in [-0.05, 0) is 29.8 Å². The molecule has 2 aromatic rings. The number of halogens is 1. The van der Waals surface area contributed by atoms with Gasteiger partial charge in [-0.25, -0.2) is 4.39 Å². The summed E-state index contributed by atoms with van der Waals surface area (Å²) < 4.78 is 26.1. The Labute approximate surface area is 160 Å². The summed E-state index contributed by atoms with van der Waals surface area (Å²) >= 11 is 0. The molecule has 0 fully saturated rings. The molecular formula is C21H30FN2O3+. The molecule has 0 aliphatic rings. The van der Waals surface area contributed by atoms with Crippen molar-refractivity contribution in [3.05, 3.63) is 72.3 Å². The van der Waals surface area contributed by atoms with Gasteiger partial charge in [-0.3, -0.25) is 0 Å². The maximum atomic E-state index is 13.4. The zero-order chi connectivity index (χ0) is 19.5. The average Bonchev–Trinajstić information content (AvgIpc) is 3.06. The molecule has 2 N–H and O–H groups in total. The number of aliphatic hydroxyl groups is 1. The number of hydrogen-bond acceptors (Lipinski definition) is 3. The first-order valence-electron chi connectivity index (χ1n) is 9.20. The van der Waals surface area contributed by atoms with Crippen LogP contribution in [0.15, 0.2) is 55.3 Å². The highest BCUT2D eigenvalue weighted by atomic mass is 19.1. The van der Waals surface area contributed by atoms with E-state index in [1.54, 1.807) is 25.3 Å². The van der Waals surface area contributed by atoms with Gasteiger partial charge < -0.3 is 24.0 Å². The molecule has 27 heavy (non-hydrogen) atoms. The monoisotopic (exact) mass is 377 g/mol. The Bertz CT molecular complexity index is 690. The van der Waals surface area contributed by atoms with Crippen LogP contribution in [0.4, 0.5) is 4.39 Å². The number of methoxy groups -OCH3 is 1. The Morgan fingerprint density at radius 1 is 1.33 bits per heavy atom. The van der Waals surface area contributed by atoms with E-state index in [4.69, 9.17) is 9.47 Å². The average molecular weight is 377 g/mol. The number of benzene rings is 1. The Balaban J connectivity index is 1.99. The minimum Gasteiger partial charge on any atom is -0.385 e. The number of rotatable bonds is 13. The molecule has 5 nitrogen and oxygen atoms in total. The second-order valence-electron chi connectivity index (χ2n) is 6.61. The largest absolute Gasteiger partial charge is 0.385 e. The third-order valence-corrected chi connectivity index (χ3v) is 4.33. The van der Waals surface area contributed by atoms with E-state index in [9.17, 15) is 9.50 Å². The van der Waals surface area contributed by atoms with E-state index in [1.165, 1.54) is 11.0 Å². The Morgan fingerprint density at radius 3 is 2.93 bits per heavy atom. The number of aromatic nitrogens is 1. The summed E-state index contributed by atoms with van der Waals surface area (Å²) in [5.74, 6) is -0.226. The van der Waals surface area contributed by atoms with E-state index in [0.717, 1.165) is 24.3 Å². The van der Waals surface area contributed by atoms with Gasteiger partial charge in [-0.15, -0.1) is 6.58 Å². The molecular weight excluding hydrogens is 347 g/mol. The lowest BCUT2D eigenvalue weighted by Gasteiger charge is -2.23. The molecule has 2 rings (SSSR count). The molecule has 0 saturated carbocycles. The summed E-state index contributed by atoms with van der Waals surface area (Å²) in [6.45, 7) is 7.62. The van der Waals surface area contributed by atoms with Crippen LogP contribution in [-0.2, 0) is 22.6 Å². The zero-order valence-electron chi connectivity index (χ0n) is 15.9. The maximum absolute atomic E-state index is 13.4. The van der Waals surface area contributed by atoms with Gasteiger partial charge in [-0.1, -0.05) is 18.2 Å². The predicted octanol–water partition coefficient (Wildman–Crippen LogP) is 1.27. The third kappa shape index (κ3) is 7.64. The number of nitrogens with one attached hydrogen (secondary N) is 1. The minimum atomic E-state index is -0.552. The van der Waals surface area contributed by atoms with Crippen LogP contribution in [0, 0.1) is 5.82 Å². The van der Waals surface area contributed by atoms with Crippen molar-refractivity contribution in [2.24, 2.45) is 0 Å². The quantitative estimate of drug-likeness (QED) is 0.408. The highest BCUT2D eigenvalue weighted by Crippen LogP contribution is 2.09. The second kappa shape index (κ2) is 11.7. The Morgan fingerprint density at radius 2 is 2.19 bits per heavy atom. The number of ether oxygens (including phenoxy) is 2. The van der Waals surface area contributed by atoms with Crippen LogP contribution in [0.5, 0.6) is 0 Å². The molecule has 0 bridgehead atoms. The van der Waals surface area contributed by atoms with Crippen molar-refractivity contribution in [1.29, 1.82) is 0 Å². The first kappa shape index (κ1) is 21.3. The normalized spacial score (nSPS) is 13.4. The van der Waals surface area contributed by atoms with E-state index in [-0.39, 0.29) is 12.4 Å². The van der Waals surface area contributed by atoms with E-state index in [0.29, 0.717) is 26.3 Å². The fourth-order valence-corrected chi connectivity index (χ4v) is 3.04. The molecule has 1 heterocycles. The molecule has 1 aromatic heterocycles. The molecule has 0 saturated heterocycles. The van der Waals surface area contributed by atoms with Crippen molar-refractivity contribution in [3.8, 4) is 0 Å². The fraction of sp³-hybridized carbons (Fsp3) is 0.429. The topological polar surface area (TPSA) is 48.1 Å². The fourth-order valence-electron chi connectivity index (χ4n) is 3.04. The molecule has 6 heteroatoms. The van der Waals surface area contributed by atoms with Crippen molar-refractivity contribution in [2.45, 2.75) is 19.2 Å². The highest BCUT2D eigenvalue weighted by molar-refractivity contribution is 5.18. The summed E-state index contributed by atoms with van der Waals surface area (Å²) in [7, 11) is 1.67. The van der Waals surface area contributed by atoms with Crippen molar-refractivity contribution >= 4 is 0 Å². The van der Waals surface area contributed by atoms with Gasteiger partial charge in [0.05, 0.1) is 25.5 Å². The third-order valence-electron chi connectivity index (χ3n) is 4.33.